The zero-order valence-corrected chi connectivity index (χ0v) is 13.4. The Morgan fingerprint density at radius 2 is 1.81 bits per heavy atom. The zero-order chi connectivity index (χ0) is 15.1. The van der Waals surface area contributed by atoms with Crippen molar-refractivity contribution in [3.63, 3.8) is 0 Å². The Morgan fingerprint density at radius 1 is 1.05 bits per heavy atom. The Hall–Kier alpha value is -1.51. The Labute approximate surface area is 132 Å². The first-order chi connectivity index (χ1) is 10.2. The van der Waals surface area contributed by atoms with Gasteiger partial charge in [0.05, 0.1) is 0 Å². The van der Waals surface area contributed by atoms with E-state index in [1.807, 2.05) is 36.4 Å². The average molecular weight is 304 g/mol. The smallest absolute Gasteiger partial charge is 0.125 e. The van der Waals surface area contributed by atoms with Crippen molar-refractivity contribution in [3.05, 3.63) is 64.7 Å². The molecule has 2 nitrogen and oxygen atoms in total. The summed E-state index contributed by atoms with van der Waals surface area (Å²) in [5, 5.41) is 4.16. The first kappa shape index (κ1) is 15.9. The first-order valence-corrected chi connectivity index (χ1v) is 7.69. The van der Waals surface area contributed by atoms with Gasteiger partial charge in [0.2, 0.25) is 0 Å². The molecule has 0 spiro atoms. The van der Waals surface area contributed by atoms with E-state index in [1.165, 1.54) is 0 Å². The fourth-order valence-corrected chi connectivity index (χ4v) is 2.30. The summed E-state index contributed by atoms with van der Waals surface area (Å²) in [5.41, 5.74) is 2.18. The predicted octanol–water partition coefficient (Wildman–Crippen LogP) is 4.66. The number of hydrogen-bond acceptors (Lipinski definition) is 2. The van der Waals surface area contributed by atoms with Gasteiger partial charge in [-0.2, -0.15) is 0 Å². The van der Waals surface area contributed by atoms with Crippen LogP contribution in [0.3, 0.4) is 0 Å². The third kappa shape index (κ3) is 5.07. The molecule has 0 saturated carbocycles. The summed E-state index contributed by atoms with van der Waals surface area (Å²) >= 11 is 6.31. The maximum Gasteiger partial charge on any atom is 0.125 e. The van der Waals surface area contributed by atoms with Crippen LogP contribution >= 0.6 is 11.6 Å². The summed E-state index contributed by atoms with van der Waals surface area (Å²) in [6, 6.07) is 16.0. The van der Waals surface area contributed by atoms with Crippen LogP contribution in [0.15, 0.2) is 48.5 Å². The summed E-state index contributed by atoms with van der Waals surface area (Å²) in [5.74, 6) is 1.46. The number of halogens is 1. The van der Waals surface area contributed by atoms with Gasteiger partial charge in [0, 0.05) is 17.1 Å². The highest BCUT2D eigenvalue weighted by molar-refractivity contribution is 6.31. The predicted molar refractivity (Wildman–Crippen MR) is 88.8 cm³/mol. The molecule has 0 aliphatic carbocycles. The average Bonchev–Trinajstić information content (AvgIpc) is 2.48. The van der Waals surface area contributed by atoms with Crippen LogP contribution in [-0.4, -0.2) is 6.54 Å². The van der Waals surface area contributed by atoms with E-state index in [9.17, 15) is 0 Å². The second kappa shape index (κ2) is 8.06. The topological polar surface area (TPSA) is 21.3 Å². The molecular formula is C18H22ClNO. The molecule has 1 N–H and O–H groups in total. The molecule has 0 aliphatic heterocycles. The van der Waals surface area contributed by atoms with E-state index in [0.717, 1.165) is 35.0 Å². The molecule has 0 aliphatic rings. The molecule has 0 amide bonds. The second-order valence-electron chi connectivity index (χ2n) is 5.52. The largest absolute Gasteiger partial charge is 0.489 e. The van der Waals surface area contributed by atoms with Gasteiger partial charge in [-0.15, -0.1) is 0 Å². The van der Waals surface area contributed by atoms with Crippen molar-refractivity contribution in [3.8, 4) is 5.75 Å². The van der Waals surface area contributed by atoms with Crippen LogP contribution in [0.2, 0.25) is 5.02 Å². The Morgan fingerprint density at radius 3 is 2.52 bits per heavy atom. The molecule has 0 radical (unpaired) electrons. The molecule has 2 rings (SSSR count). The molecule has 0 saturated heterocycles. The van der Waals surface area contributed by atoms with E-state index in [1.54, 1.807) is 0 Å². The SMILES string of the molecule is CC(C)CNCc1c(Cl)cccc1OCc1ccccc1. The molecule has 0 heterocycles. The minimum atomic E-state index is 0.554. The summed E-state index contributed by atoms with van der Waals surface area (Å²) in [7, 11) is 0. The van der Waals surface area contributed by atoms with Crippen LogP contribution in [0.1, 0.15) is 25.0 Å². The Bertz CT molecular complexity index is 554. The van der Waals surface area contributed by atoms with Crippen molar-refractivity contribution in [2.45, 2.75) is 27.0 Å². The normalized spacial score (nSPS) is 10.9. The fourth-order valence-electron chi connectivity index (χ4n) is 2.07. The molecular weight excluding hydrogens is 282 g/mol. The van der Waals surface area contributed by atoms with Crippen LogP contribution in [0.25, 0.3) is 0 Å². The number of ether oxygens (including phenoxy) is 1. The summed E-state index contributed by atoms with van der Waals surface area (Å²) in [6.07, 6.45) is 0. The zero-order valence-electron chi connectivity index (χ0n) is 12.6. The van der Waals surface area contributed by atoms with E-state index >= 15 is 0 Å². The molecule has 21 heavy (non-hydrogen) atoms. The van der Waals surface area contributed by atoms with Crippen molar-refractivity contribution in [1.82, 2.24) is 5.32 Å². The maximum atomic E-state index is 6.31. The summed E-state index contributed by atoms with van der Waals surface area (Å²) in [4.78, 5) is 0. The van der Waals surface area contributed by atoms with Gasteiger partial charge in [-0.1, -0.05) is 61.8 Å². The van der Waals surface area contributed by atoms with E-state index in [0.29, 0.717) is 12.5 Å². The molecule has 0 fully saturated rings. The highest BCUT2D eigenvalue weighted by Gasteiger charge is 2.08. The van der Waals surface area contributed by atoms with Gasteiger partial charge < -0.3 is 10.1 Å². The second-order valence-corrected chi connectivity index (χ2v) is 5.92. The third-order valence-electron chi connectivity index (χ3n) is 3.17. The lowest BCUT2D eigenvalue weighted by atomic mass is 10.1. The molecule has 0 atom stereocenters. The first-order valence-electron chi connectivity index (χ1n) is 7.31. The van der Waals surface area contributed by atoms with E-state index in [4.69, 9.17) is 16.3 Å². The Kier molecular flexibility index (Phi) is 6.09. The molecule has 112 valence electrons. The number of nitrogens with one attached hydrogen (secondary N) is 1. The minimum absolute atomic E-state index is 0.554. The minimum Gasteiger partial charge on any atom is -0.489 e. The van der Waals surface area contributed by atoms with Crippen LogP contribution < -0.4 is 10.1 Å². The third-order valence-corrected chi connectivity index (χ3v) is 3.52. The van der Waals surface area contributed by atoms with Gasteiger partial charge in [0.1, 0.15) is 12.4 Å². The summed E-state index contributed by atoms with van der Waals surface area (Å²) in [6.45, 7) is 6.61. The molecule has 0 unspecified atom stereocenters. The fraction of sp³-hybridized carbons (Fsp3) is 0.333. The number of rotatable bonds is 7. The lowest BCUT2D eigenvalue weighted by molar-refractivity contribution is 0.302. The lowest BCUT2D eigenvalue weighted by Gasteiger charge is -2.14. The lowest BCUT2D eigenvalue weighted by Crippen LogP contribution is -2.19. The van der Waals surface area contributed by atoms with Crippen molar-refractivity contribution in [2.75, 3.05) is 6.54 Å². The highest BCUT2D eigenvalue weighted by atomic mass is 35.5. The van der Waals surface area contributed by atoms with Crippen molar-refractivity contribution < 1.29 is 4.74 Å². The van der Waals surface area contributed by atoms with Crippen molar-refractivity contribution >= 4 is 11.6 Å². The summed E-state index contributed by atoms with van der Waals surface area (Å²) < 4.78 is 5.94. The van der Waals surface area contributed by atoms with Gasteiger partial charge in [0.25, 0.3) is 0 Å². The maximum absolute atomic E-state index is 6.31. The van der Waals surface area contributed by atoms with E-state index < -0.39 is 0 Å². The van der Waals surface area contributed by atoms with Crippen LogP contribution in [0, 0.1) is 5.92 Å². The Balaban J connectivity index is 2.02. The van der Waals surface area contributed by atoms with Crippen molar-refractivity contribution in [2.24, 2.45) is 5.92 Å². The van der Waals surface area contributed by atoms with Gasteiger partial charge in [-0.05, 0) is 30.2 Å². The van der Waals surface area contributed by atoms with E-state index in [2.05, 4.69) is 31.3 Å². The quantitative estimate of drug-likeness (QED) is 0.803. The van der Waals surface area contributed by atoms with Crippen LogP contribution in [-0.2, 0) is 13.2 Å². The van der Waals surface area contributed by atoms with Crippen molar-refractivity contribution in [1.29, 1.82) is 0 Å². The molecule has 0 bridgehead atoms. The molecule has 2 aromatic rings. The van der Waals surface area contributed by atoms with Gasteiger partial charge in [-0.3, -0.25) is 0 Å². The standard InChI is InChI=1S/C18H22ClNO/c1-14(2)11-20-12-16-17(19)9-6-10-18(16)21-13-15-7-4-3-5-8-15/h3-10,14,20H,11-13H2,1-2H3. The number of hydrogen-bond donors (Lipinski definition) is 1. The van der Waals surface area contributed by atoms with Crippen LogP contribution in [0.5, 0.6) is 5.75 Å². The molecule has 0 aromatic heterocycles. The monoisotopic (exact) mass is 303 g/mol. The van der Waals surface area contributed by atoms with Gasteiger partial charge in [-0.25, -0.2) is 0 Å². The molecule has 3 heteroatoms. The van der Waals surface area contributed by atoms with Gasteiger partial charge in [0.15, 0.2) is 0 Å². The highest BCUT2D eigenvalue weighted by Crippen LogP contribution is 2.27. The van der Waals surface area contributed by atoms with Gasteiger partial charge >= 0.3 is 0 Å². The molecule has 2 aromatic carbocycles. The van der Waals surface area contributed by atoms with Crippen LogP contribution in [0.4, 0.5) is 0 Å². The number of benzene rings is 2. The van der Waals surface area contributed by atoms with E-state index in [-0.39, 0.29) is 0 Å².